The van der Waals surface area contributed by atoms with Crippen molar-refractivity contribution < 1.29 is 9.13 Å². The molecule has 1 heterocycles. The van der Waals surface area contributed by atoms with E-state index in [1.54, 1.807) is 6.07 Å². The summed E-state index contributed by atoms with van der Waals surface area (Å²) < 4.78 is 19.7. The molecule has 0 N–H and O–H groups in total. The molecule has 0 atom stereocenters. The second-order valence-electron chi connectivity index (χ2n) is 4.89. The van der Waals surface area contributed by atoms with Gasteiger partial charge in [0.1, 0.15) is 18.2 Å². The molecule has 0 bridgehead atoms. The van der Waals surface area contributed by atoms with Crippen LogP contribution >= 0.6 is 15.9 Å². The highest BCUT2D eigenvalue weighted by molar-refractivity contribution is 9.10. The fourth-order valence-corrected chi connectivity index (χ4v) is 2.93. The number of halogens is 2. The van der Waals surface area contributed by atoms with Crippen molar-refractivity contribution in [2.75, 3.05) is 13.2 Å². The molecular formula is C16H15BrFNO. The number of benzene rings is 2. The van der Waals surface area contributed by atoms with E-state index in [9.17, 15) is 4.39 Å². The topological polar surface area (TPSA) is 12.5 Å². The predicted molar refractivity (Wildman–Crippen MR) is 80.2 cm³/mol. The number of hydrogen-bond donors (Lipinski definition) is 0. The highest BCUT2D eigenvalue weighted by Crippen LogP contribution is 2.34. The molecule has 0 saturated carbocycles. The SMILES string of the molecule is Fc1ccc2c(c1Br)OCCN(Cc1ccccc1)C2. The average Bonchev–Trinajstić information content (AvgIpc) is 2.67. The van der Waals surface area contributed by atoms with Crippen LogP contribution in [0.25, 0.3) is 0 Å². The van der Waals surface area contributed by atoms with Gasteiger partial charge in [0.15, 0.2) is 0 Å². The van der Waals surface area contributed by atoms with E-state index in [1.165, 1.54) is 11.6 Å². The fourth-order valence-electron chi connectivity index (χ4n) is 2.43. The molecule has 0 amide bonds. The lowest BCUT2D eigenvalue weighted by molar-refractivity contribution is 0.219. The molecule has 0 aromatic heterocycles. The van der Waals surface area contributed by atoms with Gasteiger partial charge >= 0.3 is 0 Å². The zero-order valence-electron chi connectivity index (χ0n) is 11.0. The minimum atomic E-state index is -0.278. The molecule has 2 aromatic carbocycles. The molecule has 1 aliphatic rings. The monoisotopic (exact) mass is 335 g/mol. The molecular weight excluding hydrogens is 321 g/mol. The Labute approximate surface area is 126 Å². The Morgan fingerprint density at radius 3 is 2.75 bits per heavy atom. The van der Waals surface area contributed by atoms with Crippen molar-refractivity contribution in [1.29, 1.82) is 0 Å². The Morgan fingerprint density at radius 2 is 1.95 bits per heavy atom. The van der Waals surface area contributed by atoms with Gasteiger partial charge in [-0.3, -0.25) is 4.90 Å². The van der Waals surface area contributed by atoms with Crippen molar-refractivity contribution in [3.8, 4) is 5.75 Å². The van der Waals surface area contributed by atoms with Gasteiger partial charge in [-0.1, -0.05) is 36.4 Å². The molecule has 1 aliphatic heterocycles. The summed E-state index contributed by atoms with van der Waals surface area (Å²) in [6.07, 6.45) is 0. The first kappa shape index (κ1) is 13.6. The van der Waals surface area contributed by atoms with Gasteiger partial charge in [-0.05, 0) is 27.6 Å². The summed E-state index contributed by atoms with van der Waals surface area (Å²) in [7, 11) is 0. The zero-order valence-corrected chi connectivity index (χ0v) is 12.6. The van der Waals surface area contributed by atoms with Crippen molar-refractivity contribution in [2.45, 2.75) is 13.1 Å². The van der Waals surface area contributed by atoms with Crippen molar-refractivity contribution in [1.82, 2.24) is 4.90 Å². The summed E-state index contributed by atoms with van der Waals surface area (Å²) in [5.41, 5.74) is 2.30. The first-order chi connectivity index (χ1) is 9.74. The molecule has 104 valence electrons. The van der Waals surface area contributed by atoms with E-state index in [-0.39, 0.29) is 5.82 Å². The van der Waals surface area contributed by atoms with Crippen LogP contribution in [0.4, 0.5) is 4.39 Å². The minimum absolute atomic E-state index is 0.278. The lowest BCUT2D eigenvalue weighted by Crippen LogP contribution is -2.25. The molecule has 3 rings (SSSR count). The van der Waals surface area contributed by atoms with Crippen molar-refractivity contribution in [2.24, 2.45) is 0 Å². The van der Waals surface area contributed by atoms with E-state index in [2.05, 4.69) is 33.0 Å². The van der Waals surface area contributed by atoms with Crippen LogP contribution in [0.15, 0.2) is 46.9 Å². The van der Waals surface area contributed by atoms with Gasteiger partial charge in [-0.2, -0.15) is 0 Å². The number of fused-ring (bicyclic) bond motifs is 1. The third-order valence-electron chi connectivity index (χ3n) is 3.43. The van der Waals surface area contributed by atoms with Crippen LogP contribution in [0.5, 0.6) is 5.75 Å². The van der Waals surface area contributed by atoms with E-state index in [0.717, 1.165) is 25.2 Å². The van der Waals surface area contributed by atoms with Gasteiger partial charge in [0.2, 0.25) is 0 Å². The van der Waals surface area contributed by atoms with E-state index < -0.39 is 0 Å². The first-order valence-corrected chi connectivity index (χ1v) is 7.39. The summed E-state index contributed by atoms with van der Waals surface area (Å²) in [5, 5.41) is 0. The second kappa shape index (κ2) is 5.94. The fraction of sp³-hybridized carbons (Fsp3) is 0.250. The minimum Gasteiger partial charge on any atom is -0.491 e. The highest BCUT2D eigenvalue weighted by atomic mass is 79.9. The maximum absolute atomic E-state index is 13.5. The molecule has 0 fully saturated rings. The Morgan fingerprint density at radius 1 is 1.15 bits per heavy atom. The van der Waals surface area contributed by atoms with Crippen molar-refractivity contribution in [3.63, 3.8) is 0 Å². The van der Waals surface area contributed by atoms with Crippen LogP contribution in [-0.2, 0) is 13.1 Å². The van der Waals surface area contributed by atoms with Crippen LogP contribution in [0.1, 0.15) is 11.1 Å². The van der Waals surface area contributed by atoms with Crippen LogP contribution in [0, 0.1) is 5.82 Å². The standard InChI is InChI=1S/C16H15BrFNO/c17-15-14(18)7-6-13-11-19(8-9-20-16(13)15)10-12-4-2-1-3-5-12/h1-7H,8-11H2. The maximum Gasteiger partial charge on any atom is 0.141 e. The van der Waals surface area contributed by atoms with Crippen LogP contribution in [-0.4, -0.2) is 18.1 Å². The Kier molecular flexibility index (Phi) is 4.03. The molecule has 2 aromatic rings. The normalized spacial score (nSPS) is 15.3. The molecule has 0 aliphatic carbocycles. The highest BCUT2D eigenvalue weighted by Gasteiger charge is 2.19. The predicted octanol–water partition coefficient (Wildman–Crippen LogP) is 3.98. The molecule has 0 radical (unpaired) electrons. The van der Waals surface area contributed by atoms with Crippen LogP contribution in [0.2, 0.25) is 0 Å². The van der Waals surface area contributed by atoms with Gasteiger partial charge in [-0.15, -0.1) is 0 Å². The van der Waals surface area contributed by atoms with Crippen molar-refractivity contribution in [3.05, 3.63) is 63.9 Å². The van der Waals surface area contributed by atoms with Crippen molar-refractivity contribution >= 4 is 15.9 Å². The largest absolute Gasteiger partial charge is 0.491 e. The third-order valence-corrected chi connectivity index (χ3v) is 4.17. The summed E-state index contributed by atoms with van der Waals surface area (Å²) >= 11 is 3.27. The number of rotatable bonds is 2. The number of nitrogens with zero attached hydrogens (tertiary/aromatic N) is 1. The third kappa shape index (κ3) is 2.86. The lowest BCUT2D eigenvalue weighted by Gasteiger charge is -2.19. The average molecular weight is 336 g/mol. The van der Waals surface area contributed by atoms with Gasteiger partial charge in [-0.25, -0.2) is 4.39 Å². The van der Waals surface area contributed by atoms with Gasteiger partial charge in [0.05, 0.1) is 4.47 Å². The summed E-state index contributed by atoms with van der Waals surface area (Å²) in [4.78, 5) is 2.31. The molecule has 0 unspecified atom stereocenters. The molecule has 4 heteroatoms. The smallest absolute Gasteiger partial charge is 0.141 e. The summed E-state index contributed by atoms with van der Waals surface area (Å²) in [5.74, 6) is 0.362. The Bertz CT molecular complexity index is 603. The van der Waals surface area contributed by atoms with E-state index in [0.29, 0.717) is 16.8 Å². The van der Waals surface area contributed by atoms with Crippen LogP contribution in [0.3, 0.4) is 0 Å². The molecule has 2 nitrogen and oxygen atoms in total. The number of hydrogen-bond acceptors (Lipinski definition) is 2. The molecule has 0 saturated heterocycles. The van der Waals surface area contributed by atoms with E-state index in [1.807, 2.05) is 18.2 Å². The molecule has 20 heavy (non-hydrogen) atoms. The van der Waals surface area contributed by atoms with Gasteiger partial charge < -0.3 is 4.74 Å². The lowest BCUT2D eigenvalue weighted by atomic mass is 10.1. The van der Waals surface area contributed by atoms with Gasteiger partial charge in [0.25, 0.3) is 0 Å². The zero-order chi connectivity index (χ0) is 13.9. The maximum atomic E-state index is 13.5. The first-order valence-electron chi connectivity index (χ1n) is 6.60. The summed E-state index contributed by atoms with van der Waals surface area (Å²) in [6, 6.07) is 13.6. The van der Waals surface area contributed by atoms with Gasteiger partial charge in [0, 0.05) is 25.2 Å². The van der Waals surface area contributed by atoms with Crippen LogP contribution < -0.4 is 4.74 Å². The Balaban J connectivity index is 1.81. The summed E-state index contributed by atoms with van der Waals surface area (Å²) in [6.45, 7) is 3.04. The molecule has 0 spiro atoms. The van der Waals surface area contributed by atoms with E-state index >= 15 is 0 Å². The van der Waals surface area contributed by atoms with E-state index in [4.69, 9.17) is 4.74 Å². The Hall–Kier alpha value is -1.39. The number of ether oxygens (including phenoxy) is 1. The quantitative estimate of drug-likeness (QED) is 0.822. The second-order valence-corrected chi connectivity index (χ2v) is 5.69.